The van der Waals surface area contributed by atoms with Gasteiger partial charge in [-0.2, -0.15) is 11.8 Å². The quantitative estimate of drug-likeness (QED) is 0.524. The number of rotatable bonds is 7. The second-order valence-corrected chi connectivity index (χ2v) is 5.08. The lowest BCUT2D eigenvalue weighted by Crippen LogP contribution is -2.36. The van der Waals surface area contributed by atoms with E-state index in [1.807, 2.05) is 0 Å². The Labute approximate surface area is 99.5 Å². The first-order chi connectivity index (χ1) is 7.74. The summed E-state index contributed by atoms with van der Waals surface area (Å²) < 4.78 is 0. The zero-order valence-corrected chi connectivity index (χ0v) is 9.91. The number of thioether (sulfide) groups is 1. The number of amides is 1. The van der Waals surface area contributed by atoms with Crippen molar-refractivity contribution in [1.29, 1.82) is 0 Å². The monoisotopic (exact) mass is 243 g/mol. The number of carbonyl (C=O) groups is 2. The van der Waals surface area contributed by atoms with Crippen LogP contribution in [0, 0.1) is 0 Å². The molecule has 0 aliphatic heterocycles. The topological polar surface area (TPSA) is 66.4 Å². The SMILES string of the molecule is O=CNC(CCSC1C=CCCC1)C(=O)O. The van der Waals surface area contributed by atoms with Crippen LogP contribution in [-0.4, -0.2) is 34.5 Å². The highest BCUT2D eigenvalue weighted by molar-refractivity contribution is 8.00. The smallest absolute Gasteiger partial charge is 0.326 e. The molecule has 4 nitrogen and oxygen atoms in total. The Morgan fingerprint density at radius 2 is 2.50 bits per heavy atom. The fourth-order valence-electron chi connectivity index (χ4n) is 1.62. The normalized spacial score (nSPS) is 21.4. The van der Waals surface area contributed by atoms with E-state index < -0.39 is 12.0 Å². The van der Waals surface area contributed by atoms with Crippen LogP contribution in [0.2, 0.25) is 0 Å². The molecule has 0 aromatic rings. The van der Waals surface area contributed by atoms with Crippen molar-refractivity contribution in [3.05, 3.63) is 12.2 Å². The highest BCUT2D eigenvalue weighted by Crippen LogP contribution is 2.23. The first-order valence-corrected chi connectivity index (χ1v) is 6.49. The van der Waals surface area contributed by atoms with E-state index in [-0.39, 0.29) is 0 Å². The highest BCUT2D eigenvalue weighted by atomic mass is 32.2. The second-order valence-electron chi connectivity index (χ2n) is 3.73. The molecule has 1 aliphatic rings. The fraction of sp³-hybridized carbons (Fsp3) is 0.636. The number of aliphatic carboxylic acids is 1. The summed E-state index contributed by atoms with van der Waals surface area (Å²) in [6.45, 7) is 0. The lowest BCUT2D eigenvalue weighted by molar-refractivity contribution is -0.140. The third-order valence-electron chi connectivity index (χ3n) is 2.52. The Kier molecular flexibility index (Phi) is 6.00. The van der Waals surface area contributed by atoms with Gasteiger partial charge in [0.1, 0.15) is 6.04 Å². The molecule has 2 atom stereocenters. The molecule has 1 amide bonds. The summed E-state index contributed by atoms with van der Waals surface area (Å²) in [5.41, 5.74) is 0. The van der Waals surface area contributed by atoms with Crippen molar-refractivity contribution < 1.29 is 14.7 Å². The van der Waals surface area contributed by atoms with Crippen molar-refractivity contribution in [3.63, 3.8) is 0 Å². The minimum Gasteiger partial charge on any atom is -0.480 e. The van der Waals surface area contributed by atoms with Gasteiger partial charge in [0.25, 0.3) is 0 Å². The Balaban J connectivity index is 2.21. The van der Waals surface area contributed by atoms with E-state index in [1.54, 1.807) is 11.8 Å². The van der Waals surface area contributed by atoms with Gasteiger partial charge >= 0.3 is 5.97 Å². The van der Waals surface area contributed by atoms with Crippen molar-refractivity contribution in [1.82, 2.24) is 5.32 Å². The van der Waals surface area contributed by atoms with E-state index >= 15 is 0 Å². The second kappa shape index (κ2) is 7.33. The zero-order valence-electron chi connectivity index (χ0n) is 9.09. The molecule has 0 saturated heterocycles. The van der Waals surface area contributed by atoms with E-state index in [0.717, 1.165) is 12.2 Å². The van der Waals surface area contributed by atoms with Crippen molar-refractivity contribution in [2.45, 2.75) is 37.0 Å². The molecular formula is C11H17NO3S. The molecule has 2 unspecified atom stereocenters. The maximum atomic E-state index is 10.7. The maximum absolute atomic E-state index is 10.7. The summed E-state index contributed by atoms with van der Waals surface area (Å²) in [5.74, 6) is -0.209. The molecular weight excluding hydrogens is 226 g/mol. The molecule has 0 saturated carbocycles. The molecule has 0 heterocycles. The van der Waals surface area contributed by atoms with Crippen LogP contribution in [0.5, 0.6) is 0 Å². The van der Waals surface area contributed by atoms with Gasteiger partial charge in [-0.3, -0.25) is 4.79 Å². The number of nitrogens with one attached hydrogen (secondary N) is 1. The predicted octanol–water partition coefficient (Wildman–Crippen LogP) is 1.42. The highest BCUT2D eigenvalue weighted by Gasteiger charge is 2.16. The molecule has 0 radical (unpaired) electrons. The average molecular weight is 243 g/mol. The number of hydrogen-bond donors (Lipinski definition) is 2. The van der Waals surface area contributed by atoms with Crippen molar-refractivity contribution in [2.24, 2.45) is 0 Å². The molecule has 2 N–H and O–H groups in total. The first-order valence-electron chi connectivity index (χ1n) is 5.45. The summed E-state index contributed by atoms with van der Waals surface area (Å²) in [4.78, 5) is 20.9. The van der Waals surface area contributed by atoms with Crippen LogP contribution in [0.25, 0.3) is 0 Å². The van der Waals surface area contributed by atoms with Crippen LogP contribution in [0.3, 0.4) is 0 Å². The third-order valence-corrected chi connectivity index (χ3v) is 3.81. The molecule has 16 heavy (non-hydrogen) atoms. The summed E-state index contributed by atoms with van der Waals surface area (Å²) in [6.07, 6.45) is 8.83. The molecule has 5 heteroatoms. The molecule has 0 spiro atoms. The van der Waals surface area contributed by atoms with Crippen molar-refractivity contribution in [3.8, 4) is 0 Å². The lowest BCUT2D eigenvalue weighted by atomic mass is 10.1. The summed E-state index contributed by atoms with van der Waals surface area (Å²) >= 11 is 1.76. The Hall–Kier alpha value is -0.970. The Bertz CT molecular complexity index is 268. The summed E-state index contributed by atoms with van der Waals surface area (Å²) in [5, 5.41) is 11.6. The summed E-state index contributed by atoms with van der Waals surface area (Å²) in [6, 6.07) is -0.752. The van der Waals surface area contributed by atoms with Gasteiger partial charge in [-0.05, 0) is 31.4 Å². The minimum absolute atomic E-state index is 0.448. The largest absolute Gasteiger partial charge is 0.480 e. The van der Waals surface area contributed by atoms with Gasteiger partial charge in [0.2, 0.25) is 6.41 Å². The van der Waals surface area contributed by atoms with Crippen LogP contribution >= 0.6 is 11.8 Å². The van der Waals surface area contributed by atoms with Crippen molar-refractivity contribution in [2.75, 3.05) is 5.75 Å². The molecule has 0 aromatic heterocycles. The molecule has 1 aliphatic carbocycles. The zero-order chi connectivity index (χ0) is 11.8. The number of carboxylic acids is 1. The van der Waals surface area contributed by atoms with E-state index in [4.69, 9.17) is 5.11 Å². The van der Waals surface area contributed by atoms with Crippen LogP contribution in [-0.2, 0) is 9.59 Å². The first kappa shape index (κ1) is 13.1. The molecule has 90 valence electrons. The van der Waals surface area contributed by atoms with Crippen LogP contribution in [0.1, 0.15) is 25.7 Å². The molecule has 0 fully saturated rings. The Morgan fingerprint density at radius 1 is 1.69 bits per heavy atom. The molecule has 0 bridgehead atoms. The number of allylic oxidation sites excluding steroid dienone is 1. The van der Waals surface area contributed by atoms with E-state index in [0.29, 0.717) is 18.1 Å². The van der Waals surface area contributed by atoms with Gasteiger partial charge in [0.15, 0.2) is 0 Å². The molecule has 1 rings (SSSR count). The van der Waals surface area contributed by atoms with Gasteiger partial charge in [-0.25, -0.2) is 4.79 Å². The van der Waals surface area contributed by atoms with Gasteiger partial charge < -0.3 is 10.4 Å². The predicted molar refractivity (Wildman–Crippen MR) is 64.5 cm³/mol. The number of hydrogen-bond acceptors (Lipinski definition) is 3. The average Bonchev–Trinajstić information content (AvgIpc) is 2.29. The van der Waals surface area contributed by atoms with Gasteiger partial charge in [-0.1, -0.05) is 12.2 Å². The summed E-state index contributed by atoms with van der Waals surface area (Å²) in [7, 11) is 0. The van der Waals surface area contributed by atoms with E-state index in [1.165, 1.54) is 12.8 Å². The van der Waals surface area contributed by atoms with E-state index in [2.05, 4.69) is 17.5 Å². The fourth-order valence-corrected chi connectivity index (χ4v) is 2.85. The maximum Gasteiger partial charge on any atom is 0.326 e. The third kappa shape index (κ3) is 4.70. The minimum atomic E-state index is -0.966. The van der Waals surface area contributed by atoms with Gasteiger partial charge in [-0.15, -0.1) is 0 Å². The number of carbonyl (C=O) groups excluding carboxylic acids is 1. The van der Waals surface area contributed by atoms with Crippen LogP contribution in [0.15, 0.2) is 12.2 Å². The van der Waals surface area contributed by atoms with Crippen LogP contribution in [0.4, 0.5) is 0 Å². The van der Waals surface area contributed by atoms with E-state index in [9.17, 15) is 9.59 Å². The molecule has 0 aromatic carbocycles. The number of carboxylic acid groups (broad SMARTS) is 1. The standard InChI is InChI=1S/C11H17NO3S/c13-8-12-10(11(14)15)6-7-16-9-4-2-1-3-5-9/h2,4,8-10H,1,3,5-7H2,(H,12,13)(H,14,15). The lowest BCUT2D eigenvalue weighted by Gasteiger charge is -2.17. The van der Waals surface area contributed by atoms with Crippen molar-refractivity contribution >= 4 is 24.1 Å². The Morgan fingerprint density at radius 3 is 3.06 bits per heavy atom. The van der Waals surface area contributed by atoms with Gasteiger partial charge in [0.05, 0.1) is 0 Å². The van der Waals surface area contributed by atoms with Gasteiger partial charge in [0, 0.05) is 5.25 Å². The van der Waals surface area contributed by atoms with Crippen LogP contribution < -0.4 is 5.32 Å².